The maximum atomic E-state index is 12.8. The van der Waals surface area contributed by atoms with Gasteiger partial charge in [0.1, 0.15) is 10.5 Å². The minimum atomic E-state index is -4.45. The van der Waals surface area contributed by atoms with Crippen molar-refractivity contribution in [1.82, 2.24) is 14.5 Å². The normalized spacial score (nSPS) is 12.7. The first-order valence-electron chi connectivity index (χ1n) is 6.47. The summed E-state index contributed by atoms with van der Waals surface area (Å²) in [7, 11) is 0. The van der Waals surface area contributed by atoms with Gasteiger partial charge in [-0.2, -0.15) is 13.2 Å². The summed E-state index contributed by atoms with van der Waals surface area (Å²) in [5.74, 6) is -0.196. The van der Waals surface area contributed by atoms with E-state index < -0.39 is 11.7 Å². The summed E-state index contributed by atoms with van der Waals surface area (Å²) >= 11 is 6.04. The molecule has 3 aromatic rings. The molecule has 0 aliphatic rings. The molecule has 0 saturated heterocycles. The lowest BCUT2D eigenvalue weighted by atomic mass is 10.2. The van der Waals surface area contributed by atoms with E-state index in [1.165, 1.54) is 10.6 Å². The smallest absolute Gasteiger partial charge is 0.416 e. The second kappa shape index (κ2) is 4.74. The number of benzene rings is 1. The van der Waals surface area contributed by atoms with Crippen molar-refractivity contribution in [1.29, 1.82) is 0 Å². The molecule has 116 valence electrons. The summed E-state index contributed by atoms with van der Waals surface area (Å²) in [5.41, 5.74) is 0.0952. The van der Waals surface area contributed by atoms with Crippen LogP contribution in [0.25, 0.3) is 22.2 Å². The van der Waals surface area contributed by atoms with Crippen molar-refractivity contribution in [3.63, 3.8) is 0 Å². The minimum absolute atomic E-state index is 0.0398. The van der Waals surface area contributed by atoms with Crippen LogP contribution in [-0.2, 0) is 6.18 Å². The molecule has 1 N–H and O–H groups in total. The van der Waals surface area contributed by atoms with Crippen LogP contribution < -0.4 is 0 Å². The minimum Gasteiger partial charge on any atom is -0.493 e. The first-order valence-corrected chi connectivity index (χ1v) is 6.85. The standard InChI is InChI=1S/C14H11ClF3N3O/c1-6(2)21-12-11(10(15)13(21)22)19-8-4-3-7(14(16,17)18)5-9(8)20-12/h3-6,22H,1-2H3. The fourth-order valence-electron chi connectivity index (χ4n) is 2.34. The molecule has 0 radical (unpaired) electrons. The highest BCUT2D eigenvalue weighted by molar-refractivity contribution is 6.36. The van der Waals surface area contributed by atoms with E-state index in [0.717, 1.165) is 12.1 Å². The van der Waals surface area contributed by atoms with Crippen LogP contribution in [0.2, 0.25) is 5.02 Å². The van der Waals surface area contributed by atoms with Crippen LogP contribution in [0.1, 0.15) is 25.5 Å². The Balaban J connectivity index is 2.37. The van der Waals surface area contributed by atoms with Crippen molar-refractivity contribution < 1.29 is 18.3 Å². The first kappa shape index (κ1) is 14.9. The van der Waals surface area contributed by atoms with Gasteiger partial charge in [-0.1, -0.05) is 11.6 Å². The summed E-state index contributed by atoms with van der Waals surface area (Å²) in [6, 6.07) is 2.94. The zero-order valence-electron chi connectivity index (χ0n) is 11.6. The van der Waals surface area contributed by atoms with E-state index >= 15 is 0 Å². The zero-order chi connectivity index (χ0) is 16.2. The van der Waals surface area contributed by atoms with E-state index in [1.54, 1.807) is 13.8 Å². The third kappa shape index (κ3) is 2.16. The van der Waals surface area contributed by atoms with E-state index in [0.29, 0.717) is 0 Å². The van der Waals surface area contributed by atoms with Crippen LogP contribution in [-0.4, -0.2) is 19.6 Å². The maximum absolute atomic E-state index is 12.8. The van der Waals surface area contributed by atoms with E-state index in [4.69, 9.17) is 11.6 Å². The molecule has 0 spiro atoms. The molecule has 0 bridgehead atoms. The van der Waals surface area contributed by atoms with Crippen LogP contribution in [0.4, 0.5) is 13.2 Å². The predicted molar refractivity (Wildman–Crippen MR) is 77.1 cm³/mol. The van der Waals surface area contributed by atoms with E-state index in [9.17, 15) is 18.3 Å². The highest BCUT2D eigenvalue weighted by Crippen LogP contribution is 2.37. The molecule has 3 rings (SSSR count). The summed E-state index contributed by atoms with van der Waals surface area (Å²) < 4.78 is 39.8. The number of alkyl halides is 3. The third-order valence-corrected chi connectivity index (χ3v) is 3.70. The highest BCUT2D eigenvalue weighted by Gasteiger charge is 2.31. The Labute approximate surface area is 128 Å². The monoisotopic (exact) mass is 329 g/mol. The average Bonchev–Trinajstić information content (AvgIpc) is 2.67. The van der Waals surface area contributed by atoms with Gasteiger partial charge in [0, 0.05) is 6.04 Å². The van der Waals surface area contributed by atoms with Gasteiger partial charge in [-0.05, 0) is 32.0 Å². The number of aromatic hydroxyl groups is 1. The molecule has 0 atom stereocenters. The van der Waals surface area contributed by atoms with E-state index in [-0.39, 0.29) is 39.1 Å². The van der Waals surface area contributed by atoms with Crippen LogP contribution >= 0.6 is 11.6 Å². The summed E-state index contributed by atoms with van der Waals surface area (Å²) in [5, 5.41) is 10.1. The molecule has 0 saturated carbocycles. The second-order valence-corrected chi connectivity index (χ2v) is 5.58. The number of nitrogens with zero attached hydrogens (tertiary/aromatic N) is 3. The van der Waals surface area contributed by atoms with Crippen molar-refractivity contribution >= 4 is 33.8 Å². The molecule has 22 heavy (non-hydrogen) atoms. The van der Waals surface area contributed by atoms with Crippen molar-refractivity contribution in [3.8, 4) is 5.88 Å². The molecule has 4 nitrogen and oxygen atoms in total. The summed E-state index contributed by atoms with van der Waals surface area (Å²) in [6.45, 7) is 3.60. The SMILES string of the molecule is CC(C)n1c(O)c(Cl)c2nc3ccc(C(F)(F)F)cc3nc21. The van der Waals surface area contributed by atoms with Gasteiger partial charge in [0.05, 0.1) is 16.6 Å². The first-order chi connectivity index (χ1) is 10.2. The lowest BCUT2D eigenvalue weighted by Crippen LogP contribution is -2.05. The number of hydrogen-bond acceptors (Lipinski definition) is 3. The highest BCUT2D eigenvalue weighted by atomic mass is 35.5. The van der Waals surface area contributed by atoms with Crippen molar-refractivity contribution in [2.75, 3.05) is 0 Å². The molecule has 0 unspecified atom stereocenters. The molecule has 0 fully saturated rings. The number of aromatic nitrogens is 3. The quantitative estimate of drug-likeness (QED) is 0.713. The Hall–Kier alpha value is -2.02. The van der Waals surface area contributed by atoms with Crippen LogP contribution in [0.5, 0.6) is 5.88 Å². The van der Waals surface area contributed by atoms with Gasteiger partial charge in [-0.25, -0.2) is 9.97 Å². The summed E-state index contributed by atoms with van der Waals surface area (Å²) in [4.78, 5) is 8.43. The van der Waals surface area contributed by atoms with Crippen LogP contribution in [0.3, 0.4) is 0 Å². The molecule has 0 aliphatic heterocycles. The van der Waals surface area contributed by atoms with Gasteiger partial charge in [0.15, 0.2) is 5.65 Å². The average molecular weight is 330 g/mol. The molecule has 2 heterocycles. The van der Waals surface area contributed by atoms with E-state index in [2.05, 4.69) is 9.97 Å². The Morgan fingerprint density at radius 3 is 2.45 bits per heavy atom. The van der Waals surface area contributed by atoms with Crippen LogP contribution in [0, 0.1) is 0 Å². The molecule has 1 aromatic carbocycles. The Morgan fingerprint density at radius 2 is 1.86 bits per heavy atom. The lowest BCUT2D eigenvalue weighted by molar-refractivity contribution is -0.137. The van der Waals surface area contributed by atoms with Gasteiger partial charge >= 0.3 is 6.18 Å². The molecular formula is C14H11ClF3N3O. The van der Waals surface area contributed by atoms with Gasteiger partial charge in [-0.15, -0.1) is 0 Å². The molecule has 2 aromatic heterocycles. The molecular weight excluding hydrogens is 319 g/mol. The number of hydrogen-bond donors (Lipinski definition) is 1. The Morgan fingerprint density at radius 1 is 1.18 bits per heavy atom. The Bertz CT molecular complexity index is 887. The second-order valence-electron chi connectivity index (χ2n) is 5.20. The fraction of sp³-hybridized carbons (Fsp3) is 0.286. The van der Waals surface area contributed by atoms with Crippen LogP contribution in [0.15, 0.2) is 18.2 Å². The fourth-order valence-corrected chi connectivity index (χ4v) is 2.56. The summed E-state index contributed by atoms with van der Waals surface area (Å²) in [6.07, 6.45) is -4.45. The zero-order valence-corrected chi connectivity index (χ0v) is 12.4. The van der Waals surface area contributed by atoms with Gasteiger partial charge < -0.3 is 5.11 Å². The Kier molecular flexibility index (Phi) is 3.21. The largest absolute Gasteiger partial charge is 0.493 e. The number of halogens is 4. The van der Waals surface area contributed by atoms with Crippen molar-refractivity contribution in [3.05, 3.63) is 28.8 Å². The van der Waals surface area contributed by atoms with E-state index in [1.807, 2.05) is 0 Å². The maximum Gasteiger partial charge on any atom is 0.416 e. The topological polar surface area (TPSA) is 50.9 Å². The molecule has 0 aliphatic carbocycles. The van der Waals surface area contributed by atoms with Gasteiger partial charge in [0.2, 0.25) is 5.88 Å². The van der Waals surface area contributed by atoms with Gasteiger partial charge in [0.25, 0.3) is 0 Å². The predicted octanol–water partition coefficient (Wildman–Crippen LogP) is 4.54. The van der Waals surface area contributed by atoms with Crippen molar-refractivity contribution in [2.24, 2.45) is 0 Å². The third-order valence-electron chi connectivity index (χ3n) is 3.35. The number of fused-ring (bicyclic) bond motifs is 2. The lowest BCUT2D eigenvalue weighted by Gasteiger charge is -2.10. The number of rotatable bonds is 1. The molecule has 0 amide bonds. The molecule has 8 heteroatoms. The van der Waals surface area contributed by atoms with Gasteiger partial charge in [-0.3, -0.25) is 4.57 Å². The van der Waals surface area contributed by atoms with Crippen molar-refractivity contribution in [2.45, 2.75) is 26.1 Å².